The van der Waals surface area contributed by atoms with Crippen LogP contribution in [0, 0.1) is 27.3 Å². The van der Waals surface area contributed by atoms with Crippen molar-refractivity contribution in [2.75, 3.05) is 6.54 Å². The van der Waals surface area contributed by atoms with E-state index in [1.54, 1.807) is 0 Å². The number of nitrogens with zero attached hydrogens (tertiary/aromatic N) is 3. The van der Waals surface area contributed by atoms with E-state index in [9.17, 15) is 19.3 Å². The number of nitro groups is 1. The molecular formula is C12H10FN3O3. The van der Waals surface area contributed by atoms with E-state index in [1.807, 2.05) is 6.07 Å². The van der Waals surface area contributed by atoms with Gasteiger partial charge in [0.1, 0.15) is 11.9 Å². The lowest BCUT2D eigenvalue weighted by molar-refractivity contribution is -0.384. The molecule has 0 radical (unpaired) electrons. The lowest BCUT2D eigenvalue weighted by atomic mass is 10.1. The van der Waals surface area contributed by atoms with Crippen molar-refractivity contribution in [3.05, 3.63) is 39.7 Å². The number of benzene rings is 1. The van der Waals surface area contributed by atoms with Crippen LogP contribution >= 0.6 is 0 Å². The van der Waals surface area contributed by atoms with Gasteiger partial charge in [0.15, 0.2) is 0 Å². The Morgan fingerprint density at radius 2 is 2.32 bits per heavy atom. The quantitative estimate of drug-likeness (QED) is 0.601. The van der Waals surface area contributed by atoms with E-state index in [0.717, 1.165) is 18.2 Å². The summed E-state index contributed by atoms with van der Waals surface area (Å²) in [5.74, 6) is -1.50. The molecule has 98 valence electrons. The molecular weight excluding hydrogens is 253 g/mol. The molecule has 1 aliphatic heterocycles. The Hall–Kier alpha value is -2.49. The van der Waals surface area contributed by atoms with E-state index in [-0.39, 0.29) is 11.3 Å². The second kappa shape index (κ2) is 5.02. The van der Waals surface area contributed by atoms with Crippen molar-refractivity contribution >= 4 is 11.6 Å². The van der Waals surface area contributed by atoms with Gasteiger partial charge in [0.25, 0.3) is 11.6 Å². The number of carbonyl (C=O) groups excluding carboxylic acids is 1. The second-order valence-corrected chi connectivity index (χ2v) is 4.21. The third-order valence-corrected chi connectivity index (χ3v) is 3.05. The highest BCUT2D eigenvalue weighted by Crippen LogP contribution is 2.23. The van der Waals surface area contributed by atoms with Crippen molar-refractivity contribution in [1.82, 2.24) is 4.90 Å². The first-order chi connectivity index (χ1) is 9.04. The average Bonchev–Trinajstić information content (AvgIpc) is 2.86. The minimum Gasteiger partial charge on any atom is -0.323 e. The van der Waals surface area contributed by atoms with Gasteiger partial charge in [-0.25, -0.2) is 4.39 Å². The van der Waals surface area contributed by atoms with Gasteiger partial charge in [-0.05, 0) is 18.9 Å². The second-order valence-electron chi connectivity index (χ2n) is 4.21. The molecule has 1 aliphatic rings. The lowest BCUT2D eigenvalue weighted by Crippen LogP contribution is -2.35. The maximum Gasteiger partial charge on any atom is 0.270 e. The molecule has 1 fully saturated rings. The van der Waals surface area contributed by atoms with Gasteiger partial charge < -0.3 is 4.90 Å². The maximum absolute atomic E-state index is 13.6. The topological polar surface area (TPSA) is 87.2 Å². The van der Waals surface area contributed by atoms with Crippen LogP contribution < -0.4 is 0 Å². The minimum absolute atomic E-state index is 0.350. The summed E-state index contributed by atoms with van der Waals surface area (Å²) in [5.41, 5.74) is -0.714. The van der Waals surface area contributed by atoms with E-state index >= 15 is 0 Å². The molecule has 0 aromatic heterocycles. The SMILES string of the molecule is N#CC1CCCN1C(=O)c1cc([N+](=O)[O-])ccc1F. The first-order valence-electron chi connectivity index (χ1n) is 5.69. The van der Waals surface area contributed by atoms with E-state index < -0.39 is 22.7 Å². The van der Waals surface area contributed by atoms with Crippen LogP contribution in [0.25, 0.3) is 0 Å². The molecule has 1 aromatic carbocycles. The Labute approximate surface area is 108 Å². The number of non-ortho nitro benzene ring substituents is 1. The van der Waals surface area contributed by atoms with Crippen LogP contribution in [0.3, 0.4) is 0 Å². The van der Waals surface area contributed by atoms with Crippen LogP contribution in [0.5, 0.6) is 0 Å². The highest BCUT2D eigenvalue weighted by Gasteiger charge is 2.31. The summed E-state index contributed by atoms with van der Waals surface area (Å²) in [4.78, 5) is 23.3. The number of nitriles is 1. The van der Waals surface area contributed by atoms with Gasteiger partial charge in [0.2, 0.25) is 0 Å². The van der Waals surface area contributed by atoms with Crippen LogP contribution in [0.15, 0.2) is 18.2 Å². The highest BCUT2D eigenvalue weighted by atomic mass is 19.1. The maximum atomic E-state index is 13.6. The summed E-state index contributed by atoms with van der Waals surface area (Å²) in [6.45, 7) is 0.360. The summed E-state index contributed by atoms with van der Waals surface area (Å²) in [6, 6.07) is 4.18. The zero-order valence-corrected chi connectivity index (χ0v) is 9.88. The molecule has 1 atom stereocenters. The summed E-state index contributed by atoms with van der Waals surface area (Å²) in [6.07, 6.45) is 1.21. The van der Waals surface area contributed by atoms with Gasteiger partial charge >= 0.3 is 0 Å². The first kappa shape index (κ1) is 13.0. The molecule has 1 heterocycles. The Morgan fingerprint density at radius 1 is 1.58 bits per heavy atom. The molecule has 1 saturated heterocycles. The van der Waals surface area contributed by atoms with Crippen LogP contribution in [-0.2, 0) is 0 Å². The Bertz CT molecular complexity index is 582. The van der Waals surface area contributed by atoms with E-state index in [4.69, 9.17) is 5.26 Å². The van der Waals surface area contributed by atoms with Crippen molar-refractivity contribution < 1.29 is 14.1 Å². The van der Waals surface area contributed by atoms with E-state index in [2.05, 4.69) is 0 Å². The van der Waals surface area contributed by atoms with Crippen LogP contribution in [0.4, 0.5) is 10.1 Å². The van der Waals surface area contributed by atoms with E-state index in [0.29, 0.717) is 19.4 Å². The summed E-state index contributed by atoms with van der Waals surface area (Å²) >= 11 is 0. The smallest absolute Gasteiger partial charge is 0.270 e. The van der Waals surface area contributed by atoms with Gasteiger partial charge in [-0.15, -0.1) is 0 Å². The number of nitro benzene ring substituents is 1. The van der Waals surface area contributed by atoms with Crippen molar-refractivity contribution in [3.63, 3.8) is 0 Å². The van der Waals surface area contributed by atoms with Gasteiger partial charge in [-0.3, -0.25) is 14.9 Å². The van der Waals surface area contributed by atoms with Crippen LogP contribution in [0.2, 0.25) is 0 Å². The summed E-state index contributed by atoms with van der Waals surface area (Å²) in [7, 11) is 0. The molecule has 0 N–H and O–H groups in total. The number of hydrogen-bond acceptors (Lipinski definition) is 4. The van der Waals surface area contributed by atoms with Crippen LogP contribution in [-0.4, -0.2) is 28.3 Å². The first-order valence-corrected chi connectivity index (χ1v) is 5.69. The summed E-state index contributed by atoms with van der Waals surface area (Å²) in [5, 5.41) is 19.5. The molecule has 7 heteroatoms. The molecule has 6 nitrogen and oxygen atoms in total. The zero-order chi connectivity index (χ0) is 14.0. The number of carbonyl (C=O) groups is 1. The number of amides is 1. The lowest BCUT2D eigenvalue weighted by Gasteiger charge is -2.19. The zero-order valence-electron chi connectivity index (χ0n) is 9.88. The minimum atomic E-state index is -0.820. The predicted molar refractivity (Wildman–Crippen MR) is 62.7 cm³/mol. The average molecular weight is 263 g/mol. The Morgan fingerprint density at radius 3 is 2.95 bits per heavy atom. The largest absolute Gasteiger partial charge is 0.323 e. The third-order valence-electron chi connectivity index (χ3n) is 3.05. The van der Waals surface area contributed by atoms with Crippen molar-refractivity contribution in [3.8, 4) is 6.07 Å². The standard InChI is InChI=1S/C12H10FN3O3/c13-11-4-3-8(16(18)19)6-10(11)12(17)15-5-1-2-9(15)7-14/h3-4,6,9H,1-2,5H2. The fraction of sp³-hybridized carbons (Fsp3) is 0.333. The number of hydrogen-bond donors (Lipinski definition) is 0. The Balaban J connectivity index is 2.36. The van der Waals surface area contributed by atoms with Crippen molar-refractivity contribution in [1.29, 1.82) is 5.26 Å². The Kier molecular flexibility index (Phi) is 3.42. The molecule has 0 aliphatic carbocycles. The van der Waals surface area contributed by atoms with Gasteiger partial charge in [-0.2, -0.15) is 5.26 Å². The van der Waals surface area contributed by atoms with Gasteiger partial charge in [-0.1, -0.05) is 0 Å². The van der Waals surface area contributed by atoms with Crippen molar-refractivity contribution in [2.45, 2.75) is 18.9 Å². The highest BCUT2D eigenvalue weighted by molar-refractivity contribution is 5.95. The van der Waals surface area contributed by atoms with Crippen LogP contribution in [0.1, 0.15) is 23.2 Å². The molecule has 0 saturated carbocycles. The number of likely N-dealkylation sites (tertiary alicyclic amines) is 1. The molecule has 0 bridgehead atoms. The normalized spacial score (nSPS) is 18.1. The molecule has 0 spiro atoms. The number of halogens is 1. The molecule has 2 rings (SSSR count). The number of rotatable bonds is 2. The fourth-order valence-corrected chi connectivity index (χ4v) is 2.09. The van der Waals surface area contributed by atoms with E-state index in [1.165, 1.54) is 4.90 Å². The van der Waals surface area contributed by atoms with Gasteiger partial charge in [0.05, 0.1) is 16.6 Å². The molecule has 19 heavy (non-hydrogen) atoms. The fourth-order valence-electron chi connectivity index (χ4n) is 2.09. The molecule has 1 unspecified atom stereocenters. The van der Waals surface area contributed by atoms with Gasteiger partial charge in [0, 0.05) is 18.7 Å². The predicted octanol–water partition coefficient (Wildman–Crippen LogP) is 1.86. The monoisotopic (exact) mass is 263 g/mol. The van der Waals surface area contributed by atoms with Crippen molar-refractivity contribution in [2.24, 2.45) is 0 Å². The molecule has 1 aromatic rings. The molecule has 1 amide bonds. The summed E-state index contributed by atoms with van der Waals surface area (Å²) < 4.78 is 13.6. The third kappa shape index (κ3) is 2.38.